The van der Waals surface area contributed by atoms with Gasteiger partial charge in [-0.2, -0.15) is 0 Å². The topological polar surface area (TPSA) is 24.1 Å². The average molecular weight is 234 g/mol. The molecule has 86 valence electrons. The third-order valence-corrected chi connectivity index (χ3v) is 3.22. The van der Waals surface area contributed by atoms with Gasteiger partial charge in [0, 0.05) is 19.1 Å². The largest absolute Gasteiger partial charge is 0.379 e. The van der Waals surface area contributed by atoms with Gasteiger partial charge in [-0.15, -0.1) is 0 Å². The zero-order valence-electron chi connectivity index (χ0n) is 9.41. The van der Waals surface area contributed by atoms with Crippen molar-refractivity contribution in [1.29, 1.82) is 0 Å². The van der Waals surface area contributed by atoms with E-state index >= 15 is 0 Å². The van der Waals surface area contributed by atoms with Crippen LogP contribution in [-0.2, 0) is 6.42 Å². The van der Waals surface area contributed by atoms with Crippen molar-refractivity contribution >= 4 is 17.2 Å². The van der Waals surface area contributed by atoms with Crippen LogP contribution in [0.4, 0.5) is 0 Å². The van der Waals surface area contributed by atoms with Crippen LogP contribution in [0, 0.1) is 0 Å². The Morgan fingerprint density at radius 2 is 2.06 bits per heavy atom. The summed E-state index contributed by atoms with van der Waals surface area (Å²) in [6.45, 7) is 1.83. The zero-order valence-corrected chi connectivity index (χ0v) is 10.2. The third kappa shape index (κ3) is 3.58. The van der Waals surface area contributed by atoms with E-state index in [2.05, 4.69) is 41.0 Å². The number of hydrogen-bond acceptors (Lipinski definition) is 2. The van der Waals surface area contributed by atoms with Crippen molar-refractivity contribution in [3.8, 4) is 0 Å². The first kappa shape index (κ1) is 11.6. The van der Waals surface area contributed by atoms with E-state index in [1.165, 1.54) is 18.4 Å². The summed E-state index contributed by atoms with van der Waals surface area (Å²) in [5, 5.41) is 6.75. The molecule has 0 radical (unpaired) electrons. The Labute approximate surface area is 102 Å². The van der Waals surface area contributed by atoms with E-state index in [4.69, 9.17) is 12.2 Å². The van der Waals surface area contributed by atoms with Crippen molar-refractivity contribution in [2.75, 3.05) is 13.1 Å². The highest BCUT2D eigenvalue weighted by molar-refractivity contribution is 7.80. The summed E-state index contributed by atoms with van der Waals surface area (Å²) in [6, 6.07) is 11.2. The maximum absolute atomic E-state index is 5.20. The lowest BCUT2D eigenvalue weighted by Crippen LogP contribution is -2.42. The predicted octanol–water partition coefficient (Wildman–Crippen LogP) is 1.90. The Hall–Kier alpha value is -0.930. The van der Waals surface area contributed by atoms with Gasteiger partial charge in [0.05, 0.1) is 4.99 Å². The molecule has 2 nitrogen and oxygen atoms in total. The minimum atomic E-state index is 0.558. The standard InChI is InChI=1S/C13H18N2S/c16-13-10-15-12(7-4-8-14-13)9-11-5-2-1-3-6-11/h1-3,5-6,12,15H,4,7-10H2,(H,14,16)/t12-/m0/s1. The van der Waals surface area contributed by atoms with E-state index in [0.717, 1.165) is 24.5 Å². The minimum absolute atomic E-state index is 0.558. The smallest absolute Gasteiger partial charge is 0.0893 e. The number of hydrogen-bond donors (Lipinski definition) is 2. The second-order valence-corrected chi connectivity index (χ2v) is 4.75. The lowest BCUT2D eigenvalue weighted by atomic mass is 10.0. The first-order chi connectivity index (χ1) is 7.84. The summed E-state index contributed by atoms with van der Waals surface area (Å²) in [4.78, 5) is 0.942. The zero-order chi connectivity index (χ0) is 11.2. The van der Waals surface area contributed by atoms with E-state index in [0.29, 0.717) is 6.04 Å². The lowest BCUT2D eigenvalue weighted by Gasteiger charge is -2.22. The molecule has 0 unspecified atom stereocenters. The normalized spacial score (nSPS) is 22.0. The number of rotatable bonds is 2. The minimum Gasteiger partial charge on any atom is -0.379 e. The Kier molecular flexibility index (Phi) is 4.31. The van der Waals surface area contributed by atoms with Crippen LogP contribution in [0.1, 0.15) is 18.4 Å². The van der Waals surface area contributed by atoms with Crippen molar-refractivity contribution in [3.63, 3.8) is 0 Å². The van der Waals surface area contributed by atoms with Crippen molar-refractivity contribution in [3.05, 3.63) is 35.9 Å². The van der Waals surface area contributed by atoms with Crippen LogP contribution in [0.3, 0.4) is 0 Å². The molecule has 0 bridgehead atoms. The fraction of sp³-hybridized carbons (Fsp3) is 0.462. The van der Waals surface area contributed by atoms with Crippen molar-refractivity contribution in [1.82, 2.24) is 10.6 Å². The van der Waals surface area contributed by atoms with Crippen LogP contribution >= 0.6 is 12.2 Å². The molecule has 1 saturated heterocycles. The molecule has 1 fully saturated rings. The van der Waals surface area contributed by atoms with Gasteiger partial charge in [0.1, 0.15) is 0 Å². The number of nitrogens with one attached hydrogen (secondary N) is 2. The van der Waals surface area contributed by atoms with Gasteiger partial charge < -0.3 is 10.6 Å². The van der Waals surface area contributed by atoms with Crippen LogP contribution in [0.2, 0.25) is 0 Å². The Bertz CT molecular complexity index is 337. The van der Waals surface area contributed by atoms with Gasteiger partial charge in [0.2, 0.25) is 0 Å². The van der Waals surface area contributed by atoms with Crippen molar-refractivity contribution in [2.24, 2.45) is 0 Å². The predicted molar refractivity (Wildman–Crippen MR) is 71.8 cm³/mol. The molecule has 1 aliphatic rings. The van der Waals surface area contributed by atoms with Gasteiger partial charge >= 0.3 is 0 Å². The molecule has 1 heterocycles. The molecule has 0 amide bonds. The van der Waals surface area contributed by atoms with Crippen LogP contribution in [-0.4, -0.2) is 24.1 Å². The molecule has 3 heteroatoms. The Morgan fingerprint density at radius 3 is 2.88 bits per heavy atom. The molecule has 16 heavy (non-hydrogen) atoms. The highest BCUT2D eigenvalue weighted by Gasteiger charge is 2.12. The highest BCUT2D eigenvalue weighted by Crippen LogP contribution is 2.08. The molecule has 1 atom stereocenters. The molecular weight excluding hydrogens is 216 g/mol. The monoisotopic (exact) mass is 234 g/mol. The molecule has 2 rings (SSSR count). The molecule has 1 aliphatic heterocycles. The van der Waals surface area contributed by atoms with Gasteiger partial charge in [0.25, 0.3) is 0 Å². The fourth-order valence-corrected chi connectivity index (χ4v) is 2.24. The molecule has 1 aromatic carbocycles. The Balaban J connectivity index is 1.90. The third-order valence-electron chi connectivity index (χ3n) is 2.93. The SMILES string of the molecule is S=C1CN[C@H](Cc2ccccc2)CCCN1. The summed E-state index contributed by atoms with van der Waals surface area (Å²) in [5.74, 6) is 0. The Morgan fingerprint density at radius 1 is 1.25 bits per heavy atom. The van der Waals surface area contributed by atoms with Crippen LogP contribution in [0.5, 0.6) is 0 Å². The lowest BCUT2D eigenvalue weighted by molar-refractivity contribution is 0.475. The van der Waals surface area contributed by atoms with Crippen molar-refractivity contribution in [2.45, 2.75) is 25.3 Å². The van der Waals surface area contributed by atoms with E-state index in [1.54, 1.807) is 0 Å². The molecule has 0 saturated carbocycles. The summed E-state index contributed by atoms with van der Waals surface area (Å²) < 4.78 is 0. The van der Waals surface area contributed by atoms with E-state index in [-0.39, 0.29) is 0 Å². The second kappa shape index (κ2) is 5.97. The molecule has 0 aromatic heterocycles. The molecule has 0 spiro atoms. The van der Waals surface area contributed by atoms with Crippen LogP contribution in [0.15, 0.2) is 30.3 Å². The summed E-state index contributed by atoms with van der Waals surface area (Å²) in [6.07, 6.45) is 3.50. The maximum atomic E-state index is 5.20. The van der Waals surface area contributed by atoms with Crippen LogP contribution < -0.4 is 10.6 Å². The van der Waals surface area contributed by atoms with E-state index in [9.17, 15) is 0 Å². The van der Waals surface area contributed by atoms with Gasteiger partial charge in [-0.05, 0) is 24.8 Å². The first-order valence-corrected chi connectivity index (χ1v) is 6.29. The average Bonchev–Trinajstić information content (AvgIpc) is 2.30. The summed E-state index contributed by atoms with van der Waals surface area (Å²) in [7, 11) is 0. The number of benzene rings is 1. The van der Waals surface area contributed by atoms with E-state index in [1.807, 2.05) is 0 Å². The molecule has 1 aromatic rings. The van der Waals surface area contributed by atoms with Gasteiger partial charge in [-0.25, -0.2) is 0 Å². The van der Waals surface area contributed by atoms with Gasteiger partial charge in [-0.3, -0.25) is 0 Å². The summed E-state index contributed by atoms with van der Waals surface area (Å²) in [5.41, 5.74) is 1.40. The molecule has 0 aliphatic carbocycles. The van der Waals surface area contributed by atoms with Crippen LogP contribution in [0.25, 0.3) is 0 Å². The van der Waals surface area contributed by atoms with E-state index < -0.39 is 0 Å². The van der Waals surface area contributed by atoms with Gasteiger partial charge in [-0.1, -0.05) is 42.5 Å². The quantitative estimate of drug-likeness (QED) is 0.764. The second-order valence-electron chi connectivity index (χ2n) is 4.26. The molecule has 2 N–H and O–H groups in total. The number of thiocarbonyl (C=S) groups is 1. The highest BCUT2D eigenvalue weighted by atomic mass is 32.1. The van der Waals surface area contributed by atoms with Crippen molar-refractivity contribution < 1.29 is 0 Å². The fourth-order valence-electron chi connectivity index (χ4n) is 2.05. The van der Waals surface area contributed by atoms with Gasteiger partial charge in [0.15, 0.2) is 0 Å². The summed E-state index contributed by atoms with van der Waals surface area (Å²) >= 11 is 5.20. The maximum Gasteiger partial charge on any atom is 0.0893 e. The molecular formula is C13H18N2S. The first-order valence-electron chi connectivity index (χ1n) is 5.88.